The number of rotatable bonds is 3. The Bertz CT molecular complexity index is 820. The molecule has 2 atom stereocenters. The van der Waals surface area contributed by atoms with E-state index in [0.29, 0.717) is 11.3 Å². The lowest BCUT2D eigenvalue weighted by atomic mass is 9.72. The summed E-state index contributed by atoms with van der Waals surface area (Å²) in [5.41, 5.74) is 3.04. The van der Waals surface area contributed by atoms with Crippen LogP contribution in [0.25, 0.3) is 0 Å². The minimum Gasteiger partial charge on any atom is -0.466 e. The molecule has 0 radical (unpaired) electrons. The van der Waals surface area contributed by atoms with Crippen molar-refractivity contribution in [2.75, 3.05) is 20.2 Å². The van der Waals surface area contributed by atoms with Crippen molar-refractivity contribution < 1.29 is 13.9 Å². The molecule has 0 saturated carbocycles. The molecule has 1 saturated heterocycles. The maximum atomic E-state index is 12.9. The standard InChI is InChI=1S/C21H26N2O3/c1-13-12-16(14(2)26-13)20(24)23-18-15-6-4-5-7-17(15)21(19(18)25-3)8-10-22-11-9-21/h4-7,12,18-19,22H,8-11H2,1-3H3,(H,23,24)/t18-,19+/m1/s1. The maximum absolute atomic E-state index is 12.9. The second kappa shape index (κ2) is 6.56. The van der Waals surface area contributed by atoms with Crippen LogP contribution in [0.4, 0.5) is 0 Å². The summed E-state index contributed by atoms with van der Waals surface area (Å²) in [6.45, 7) is 5.62. The highest BCUT2D eigenvalue weighted by Crippen LogP contribution is 2.51. The second-order valence-electron chi connectivity index (χ2n) is 7.43. The van der Waals surface area contributed by atoms with Crippen LogP contribution in [0.1, 0.15) is 51.9 Å². The van der Waals surface area contributed by atoms with Crippen molar-refractivity contribution in [2.45, 2.75) is 44.2 Å². The number of nitrogens with one attached hydrogen (secondary N) is 2. The molecule has 2 N–H and O–H groups in total. The van der Waals surface area contributed by atoms with Crippen molar-refractivity contribution in [1.29, 1.82) is 0 Å². The molecule has 26 heavy (non-hydrogen) atoms. The molecule has 2 aromatic rings. The van der Waals surface area contributed by atoms with Gasteiger partial charge in [-0.3, -0.25) is 4.79 Å². The molecule has 5 nitrogen and oxygen atoms in total. The van der Waals surface area contributed by atoms with Gasteiger partial charge in [0.05, 0.1) is 17.7 Å². The van der Waals surface area contributed by atoms with Gasteiger partial charge in [-0.05, 0) is 57.0 Å². The summed E-state index contributed by atoms with van der Waals surface area (Å²) >= 11 is 0. The van der Waals surface area contributed by atoms with E-state index in [4.69, 9.17) is 9.15 Å². The Labute approximate surface area is 154 Å². The van der Waals surface area contributed by atoms with Crippen molar-refractivity contribution in [1.82, 2.24) is 10.6 Å². The Morgan fingerprint density at radius 1 is 1.27 bits per heavy atom. The first-order valence-electron chi connectivity index (χ1n) is 9.27. The van der Waals surface area contributed by atoms with Gasteiger partial charge in [-0.25, -0.2) is 0 Å². The van der Waals surface area contributed by atoms with Crippen molar-refractivity contribution >= 4 is 5.91 Å². The number of carbonyl (C=O) groups excluding carboxylic acids is 1. The molecule has 0 bridgehead atoms. The fourth-order valence-corrected chi connectivity index (χ4v) is 4.87. The highest BCUT2D eigenvalue weighted by molar-refractivity contribution is 5.95. The number of carbonyl (C=O) groups is 1. The minimum atomic E-state index is -0.156. The van der Waals surface area contributed by atoms with Crippen LogP contribution >= 0.6 is 0 Å². The zero-order valence-corrected chi connectivity index (χ0v) is 15.6. The van der Waals surface area contributed by atoms with Gasteiger partial charge < -0.3 is 19.8 Å². The minimum absolute atomic E-state index is 0.0457. The summed E-state index contributed by atoms with van der Waals surface area (Å²) in [5.74, 6) is 1.29. The first kappa shape index (κ1) is 17.3. The number of piperidine rings is 1. The molecule has 1 fully saturated rings. The van der Waals surface area contributed by atoms with Crippen molar-refractivity contribution in [2.24, 2.45) is 0 Å². The van der Waals surface area contributed by atoms with Crippen LogP contribution in [-0.4, -0.2) is 32.2 Å². The van der Waals surface area contributed by atoms with Gasteiger partial charge in [0.15, 0.2) is 0 Å². The maximum Gasteiger partial charge on any atom is 0.255 e. The third-order valence-corrected chi connectivity index (χ3v) is 6.00. The molecular formula is C21H26N2O3. The van der Waals surface area contributed by atoms with Gasteiger partial charge in [-0.15, -0.1) is 0 Å². The highest BCUT2D eigenvalue weighted by Gasteiger charge is 2.53. The van der Waals surface area contributed by atoms with Crippen LogP contribution in [-0.2, 0) is 10.2 Å². The molecule has 1 aromatic carbocycles. The van der Waals surface area contributed by atoms with Gasteiger partial charge in [0, 0.05) is 12.5 Å². The van der Waals surface area contributed by atoms with Gasteiger partial charge in [-0.2, -0.15) is 0 Å². The molecule has 2 aliphatic rings. The summed E-state index contributed by atoms with van der Waals surface area (Å²) < 4.78 is 11.5. The molecule has 0 unspecified atom stereocenters. The zero-order valence-electron chi connectivity index (χ0n) is 15.6. The summed E-state index contributed by atoms with van der Waals surface area (Å²) in [5, 5.41) is 6.68. The number of amides is 1. The van der Waals surface area contributed by atoms with E-state index in [1.54, 1.807) is 13.2 Å². The average molecular weight is 354 g/mol. The number of benzene rings is 1. The van der Waals surface area contributed by atoms with E-state index in [1.165, 1.54) is 11.1 Å². The summed E-state index contributed by atoms with van der Waals surface area (Å²) in [6.07, 6.45) is 1.96. The van der Waals surface area contributed by atoms with Gasteiger partial charge in [0.1, 0.15) is 11.5 Å². The van der Waals surface area contributed by atoms with Crippen LogP contribution < -0.4 is 10.6 Å². The smallest absolute Gasteiger partial charge is 0.255 e. The Balaban J connectivity index is 1.71. The number of aryl methyl sites for hydroxylation is 2. The van der Waals surface area contributed by atoms with E-state index in [-0.39, 0.29) is 23.5 Å². The van der Waals surface area contributed by atoms with Crippen LogP contribution in [0.15, 0.2) is 34.7 Å². The van der Waals surface area contributed by atoms with E-state index < -0.39 is 0 Å². The molecular weight excluding hydrogens is 328 g/mol. The van der Waals surface area contributed by atoms with Gasteiger partial charge in [-0.1, -0.05) is 24.3 Å². The number of fused-ring (bicyclic) bond motifs is 2. The molecule has 5 heteroatoms. The first-order valence-corrected chi connectivity index (χ1v) is 9.27. The van der Waals surface area contributed by atoms with E-state index in [2.05, 4.69) is 28.8 Å². The van der Waals surface area contributed by atoms with Crippen LogP contribution in [0.5, 0.6) is 0 Å². The predicted molar refractivity (Wildman–Crippen MR) is 99.4 cm³/mol. The van der Waals surface area contributed by atoms with E-state index in [1.807, 2.05) is 19.9 Å². The van der Waals surface area contributed by atoms with Gasteiger partial charge in [0.2, 0.25) is 0 Å². The number of ether oxygens (including phenoxy) is 1. The molecule has 1 spiro atoms. The molecule has 1 amide bonds. The van der Waals surface area contributed by atoms with E-state index in [9.17, 15) is 4.79 Å². The number of hydrogen-bond donors (Lipinski definition) is 2. The lowest BCUT2D eigenvalue weighted by molar-refractivity contribution is 0.00395. The van der Waals surface area contributed by atoms with E-state index >= 15 is 0 Å². The Morgan fingerprint density at radius 3 is 2.65 bits per heavy atom. The number of hydrogen-bond acceptors (Lipinski definition) is 4. The second-order valence-corrected chi connectivity index (χ2v) is 7.43. The van der Waals surface area contributed by atoms with Gasteiger partial charge in [0.25, 0.3) is 5.91 Å². The van der Waals surface area contributed by atoms with Crippen LogP contribution in [0.2, 0.25) is 0 Å². The molecule has 4 rings (SSSR count). The summed E-state index contributed by atoms with van der Waals surface area (Å²) in [6, 6.07) is 10.1. The molecule has 1 aromatic heterocycles. The lowest BCUT2D eigenvalue weighted by Gasteiger charge is -2.40. The fourth-order valence-electron chi connectivity index (χ4n) is 4.87. The monoisotopic (exact) mass is 354 g/mol. The molecule has 1 aliphatic heterocycles. The number of methoxy groups -OCH3 is 1. The number of furan rings is 1. The third kappa shape index (κ3) is 2.58. The summed E-state index contributed by atoms with van der Waals surface area (Å²) in [7, 11) is 1.76. The quantitative estimate of drug-likeness (QED) is 0.889. The van der Waals surface area contributed by atoms with E-state index in [0.717, 1.165) is 31.7 Å². The lowest BCUT2D eigenvalue weighted by Crippen LogP contribution is -2.49. The van der Waals surface area contributed by atoms with Crippen molar-refractivity contribution in [3.63, 3.8) is 0 Å². The normalized spacial score (nSPS) is 23.8. The topological polar surface area (TPSA) is 63.5 Å². The zero-order chi connectivity index (χ0) is 18.3. The molecule has 1 aliphatic carbocycles. The van der Waals surface area contributed by atoms with Crippen molar-refractivity contribution in [3.05, 3.63) is 58.5 Å². The Morgan fingerprint density at radius 2 is 2.00 bits per heavy atom. The first-order chi connectivity index (χ1) is 12.6. The van der Waals surface area contributed by atoms with Gasteiger partial charge >= 0.3 is 0 Å². The largest absolute Gasteiger partial charge is 0.466 e. The highest BCUT2D eigenvalue weighted by atomic mass is 16.5. The Kier molecular flexibility index (Phi) is 4.37. The average Bonchev–Trinajstić information content (AvgIpc) is 3.11. The SMILES string of the molecule is CO[C@H]1[C@H](NC(=O)c2cc(C)oc2C)c2ccccc2C12CCNCC2. The molecule has 2 heterocycles. The molecule has 138 valence electrons. The Hall–Kier alpha value is -2.11. The predicted octanol–water partition coefficient (Wildman–Crippen LogP) is 3.02. The summed E-state index contributed by atoms with van der Waals surface area (Å²) in [4.78, 5) is 12.9. The third-order valence-electron chi connectivity index (χ3n) is 6.00. The fraction of sp³-hybridized carbons (Fsp3) is 0.476. The van der Waals surface area contributed by atoms with Crippen molar-refractivity contribution in [3.8, 4) is 0 Å². The van der Waals surface area contributed by atoms with Crippen LogP contribution in [0.3, 0.4) is 0 Å². The van der Waals surface area contributed by atoms with Crippen LogP contribution in [0, 0.1) is 13.8 Å².